The number of carbonyl (C=O) groups is 2. The van der Waals surface area contributed by atoms with Gasteiger partial charge in [0.2, 0.25) is 0 Å². The summed E-state index contributed by atoms with van der Waals surface area (Å²) in [5.74, 6) is -1.17. The summed E-state index contributed by atoms with van der Waals surface area (Å²) in [6.07, 6.45) is 2.72. The van der Waals surface area contributed by atoms with Crippen molar-refractivity contribution < 1.29 is 19.2 Å². The number of hydrogen-bond donors (Lipinski definition) is 2. The van der Waals surface area contributed by atoms with Gasteiger partial charge >= 0.3 is 5.97 Å². The lowest BCUT2D eigenvalue weighted by atomic mass is 10.1. The molecule has 0 spiro atoms. The van der Waals surface area contributed by atoms with Gasteiger partial charge in [0.15, 0.2) is 6.61 Å². The lowest BCUT2D eigenvalue weighted by Gasteiger charge is -2.11. The van der Waals surface area contributed by atoms with E-state index in [9.17, 15) is 19.7 Å². The molecule has 1 aromatic rings. The molecule has 1 amide bonds. The Kier molecular flexibility index (Phi) is 5.73. The first-order valence-corrected chi connectivity index (χ1v) is 7.92. The van der Waals surface area contributed by atoms with Gasteiger partial charge in [-0.1, -0.05) is 6.92 Å². The Hall–Kier alpha value is -2.64. The summed E-state index contributed by atoms with van der Waals surface area (Å²) >= 11 is 0. The molecule has 1 aromatic carbocycles. The molecule has 0 aromatic heterocycles. The van der Waals surface area contributed by atoms with Crippen LogP contribution in [-0.2, 0) is 9.53 Å². The number of anilines is 1. The summed E-state index contributed by atoms with van der Waals surface area (Å²) in [6.45, 7) is 3.35. The van der Waals surface area contributed by atoms with Crippen LogP contribution in [0.15, 0.2) is 18.2 Å². The maximum atomic E-state index is 12.0. The zero-order valence-corrected chi connectivity index (χ0v) is 13.7. The van der Waals surface area contributed by atoms with E-state index in [4.69, 9.17) is 4.74 Å². The van der Waals surface area contributed by atoms with Crippen LogP contribution in [0, 0.1) is 10.1 Å². The van der Waals surface area contributed by atoms with Gasteiger partial charge in [-0.25, -0.2) is 4.79 Å². The number of nitrogens with zero attached hydrogens (tertiary/aromatic N) is 1. The molecule has 130 valence electrons. The van der Waals surface area contributed by atoms with Crippen molar-refractivity contribution in [3.05, 3.63) is 33.9 Å². The summed E-state index contributed by atoms with van der Waals surface area (Å²) < 4.78 is 4.91. The fraction of sp³-hybridized carbons (Fsp3) is 0.500. The maximum Gasteiger partial charge on any atom is 0.338 e. The van der Waals surface area contributed by atoms with E-state index in [1.807, 2.05) is 13.8 Å². The van der Waals surface area contributed by atoms with Crippen LogP contribution in [0.25, 0.3) is 0 Å². The van der Waals surface area contributed by atoms with E-state index in [2.05, 4.69) is 10.6 Å². The standard InChI is InChI=1S/C16H21N3O5/c1-3-10(2)17-15(20)9-24-16(21)11-4-7-13(18-12-5-6-12)14(8-11)19(22)23/h4,7-8,10,12,18H,3,5-6,9H2,1-2H3,(H,17,20)/t10-/m0/s1. The predicted octanol–water partition coefficient (Wildman–Crippen LogP) is 2.24. The van der Waals surface area contributed by atoms with Crippen molar-refractivity contribution >= 4 is 23.3 Å². The highest BCUT2D eigenvalue weighted by Gasteiger charge is 2.26. The molecule has 2 N–H and O–H groups in total. The van der Waals surface area contributed by atoms with Gasteiger partial charge in [0.25, 0.3) is 11.6 Å². The van der Waals surface area contributed by atoms with Crippen LogP contribution in [0.5, 0.6) is 0 Å². The topological polar surface area (TPSA) is 111 Å². The van der Waals surface area contributed by atoms with Crippen LogP contribution in [0.1, 0.15) is 43.5 Å². The smallest absolute Gasteiger partial charge is 0.338 e. The Bertz CT molecular complexity index is 643. The van der Waals surface area contributed by atoms with Gasteiger partial charge in [0, 0.05) is 18.2 Å². The molecular weight excluding hydrogens is 314 g/mol. The molecule has 1 atom stereocenters. The van der Waals surface area contributed by atoms with Crippen molar-refractivity contribution in [1.82, 2.24) is 5.32 Å². The molecule has 0 aliphatic heterocycles. The molecule has 0 radical (unpaired) electrons. The number of benzene rings is 1. The van der Waals surface area contributed by atoms with E-state index in [0.29, 0.717) is 5.69 Å². The number of rotatable bonds is 8. The molecule has 8 nitrogen and oxygen atoms in total. The summed E-state index contributed by atoms with van der Waals surface area (Å²) in [7, 11) is 0. The molecule has 0 unspecified atom stereocenters. The van der Waals surface area contributed by atoms with Gasteiger partial charge < -0.3 is 15.4 Å². The zero-order valence-electron chi connectivity index (χ0n) is 13.7. The van der Waals surface area contributed by atoms with Crippen LogP contribution < -0.4 is 10.6 Å². The lowest BCUT2D eigenvalue weighted by molar-refractivity contribution is -0.384. The van der Waals surface area contributed by atoms with E-state index in [0.717, 1.165) is 19.3 Å². The Morgan fingerprint density at radius 1 is 1.42 bits per heavy atom. The normalized spacial score (nSPS) is 14.6. The molecular formula is C16H21N3O5. The summed E-state index contributed by atoms with van der Waals surface area (Å²) in [4.78, 5) is 34.2. The minimum atomic E-state index is -0.768. The Morgan fingerprint density at radius 3 is 2.71 bits per heavy atom. The Labute approximate surface area is 139 Å². The van der Waals surface area contributed by atoms with E-state index >= 15 is 0 Å². The first-order chi connectivity index (χ1) is 11.4. The third-order valence-electron chi connectivity index (χ3n) is 3.72. The summed E-state index contributed by atoms with van der Waals surface area (Å²) in [5, 5.41) is 16.9. The van der Waals surface area contributed by atoms with E-state index in [1.54, 1.807) is 0 Å². The van der Waals surface area contributed by atoms with Crippen molar-refractivity contribution in [3.63, 3.8) is 0 Å². The average molecular weight is 335 g/mol. The highest BCUT2D eigenvalue weighted by Crippen LogP contribution is 2.31. The van der Waals surface area contributed by atoms with Crippen LogP contribution in [-0.4, -0.2) is 35.5 Å². The Balaban J connectivity index is 1.99. The molecule has 8 heteroatoms. The van der Waals surface area contributed by atoms with Gasteiger partial charge in [0.05, 0.1) is 10.5 Å². The second kappa shape index (κ2) is 7.76. The number of ether oxygens (including phenoxy) is 1. The van der Waals surface area contributed by atoms with Crippen LogP contribution in [0.3, 0.4) is 0 Å². The fourth-order valence-corrected chi connectivity index (χ4v) is 2.01. The number of esters is 1. The summed E-state index contributed by atoms with van der Waals surface area (Å²) in [6, 6.07) is 4.36. The Morgan fingerprint density at radius 2 is 2.12 bits per heavy atom. The summed E-state index contributed by atoms with van der Waals surface area (Å²) in [5.41, 5.74) is 0.244. The van der Waals surface area contributed by atoms with Gasteiger partial charge in [-0.05, 0) is 38.3 Å². The number of nitro benzene ring substituents is 1. The SMILES string of the molecule is CC[C@H](C)NC(=O)COC(=O)c1ccc(NC2CC2)c([N+](=O)[O-])c1. The van der Waals surface area contributed by atoms with E-state index in [1.165, 1.54) is 18.2 Å². The molecule has 24 heavy (non-hydrogen) atoms. The molecule has 0 saturated heterocycles. The minimum absolute atomic E-state index is 0.00919. The first kappa shape index (κ1) is 17.7. The molecule has 2 rings (SSSR count). The molecule has 0 bridgehead atoms. The van der Waals surface area contributed by atoms with Crippen molar-refractivity contribution in [2.75, 3.05) is 11.9 Å². The molecule has 1 saturated carbocycles. The second-order valence-electron chi connectivity index (χ2n) is 5.86. The molecule has 1 aliphatic rings. The van der Waals surface area contributed by atoms with Gasteiger partial charge in [0.1, 0.15) is 5.69 Å². The number of nitro groups is 1. The van der Waals surface area contributed by atoms with Crippen LogP contribution >= 0.6 is 0 Å². The third-order valence-corrected chi connectivity index (χ3v) is 3.72. The second-order valence-corrected chi connectivity index (χ2v) is 5.86. The zero-order chi connectivity index (χ0) is 17.7. The predicted molar refractivity (Wildman–Crippen MR) is 87.9 cm³/mol. The van der Waals surface area contributed by atoms with E-state index < -0.39 is 23.4 Å². The highest BCUT2D eigenvalue weighted by atomic mass is 16.6. The van der Waals surface area contributed by atoms with Crippen LogP contribution in [0.4, 0.5) is 11.4 Å². The average Bonchev–Trinajstić information content (AvgIpc) is 3.36. The van der Waals surface area contributed by atoms with Gasteiger partial charge in [-0.15, -0.1) is 0 Å². The fourth-order valence-electron chi connectivity index (χ4n) is 2.01. The van der Waals surface area contributed by atoms with Crippen molar-refractivity contribution in [2.45, 2.75) is 45.2 Å². The monoisotopic (exact) mass is 335 g/mol. The number of amides is 1. The number of hydrogen-bond acceptors (Lipinski definition) is 6. The van der Waals surface area contributed by atoms with E-state index in [-0.39, 0.29) is 23.3 Å². The number of nitrogens with one attached hydrogen (secondary N) is 2. The lowest BCUT2D eigenvalue weighted by Crippen LogP contribution is -2.35. The quantitative estimate of drug-likeness (QED) is 0.428. The molecule has 1 fully saturated rings. The molecule has 0 heterocycles. The largest absolute Gasteiger partial charge is 0.452 e. The van der Waals surface area contributed by atoms with Gasteiger partial charge in [-0.3, -0.25) is 14.9 Å². The minimum Gasteiger partial charge on any atom is -0.452 e. The third kappa shape index (κ3) is 4.94. The number of carbonyl (C=O) groups excluding carboxylic acids is 2. The van der Waals surface area contributed by atoms with Crippen molar-refractivity contribution in [2.24, 2.45) is 0 Å². The van der Waals surface area contributed by atoms with Gasteiger partial charge in [-0.2, -0.15) is 0 Å². The van der Waals surface area contributed by atoms with Crippen molar-refractivity contribution in [3.8, 4) is 0 Å². The maximum absolute atomic E-state index is 12.0. The van der Waals surface area contributed by atoms with Crippen LogP contribution in [0.2, 0.25) is 0 Å². The highest BCUT2D eigenvalue weighted by molar-refractivity contribution is 5.93. The first-order valence-electron chi connectivity index (χ1n) is 7.92. The molecule has 1 aliphatic carbocycles. The van der Waals surface area contributed by atoms with Crippen molar-refractivity contribution in [1.29, 1.82) is 0 Å².